The Hall–Kier alpha value is -2.05. The Bertz CT molecular complexity index is 932. The number of anilines is 1. The molecule has 2 aromatic rings. The van der Waals surface area contributed by atoms with Gasteiger partial charge >= 0.3 is 0 Å². The van der Waals surface area contributed by atoms with E-state index in [0.717, 1.165) is 6.26 Å². The molecule has 0 radical (unpaired) electrons. The van der Waals surface area contributed by atoms with Crippen LogP contribution in [-0.4, -0.2) is 19.8 Å². The molecule has 2 rings (SSSR count). The molecule has 2 N–H and O–H groups in total. The van der Waals surface area contributed by atoms with E-state index < -0.39 is 9.84 Å². The Balaban J connectivity index is 2.23. The second-order valence-corrected chi connectivity index (χ2v) is 8.04. The fourth-order valence-electron chi connectivity index (χ4n) is 1.82. The minimum atomic E-state index is -3.29. The molecule has 0 atom stereocenters. The zero-order valence-electron chi connectivity index (χ0n) is 12.7. The monoisotopic (exact) mass is 415 g/mol. The van der Waals surface area contributed by atoms with Crippen LogP contribution in [0.3, 0.4) is 0 Å². The third-order valence-electron chi connectivity index (χ3n) is 2.90. The van der Waals surface area contributed by atoms with Crippen LogP contribution in [0, 0.1) is 11.5 Å². The van der Waals surface area contributed by atoms with E-state index in [4.69, 9.17) is 45.4 Å². The number of halogens is 2. The molecular formula is C15H11Cl2N3O3S2. The Labute approximate surface area is 160 Å². The molecule has 0 heterocycles. The van der Waals surface area contributed by atoms with Gasteiger partial charge in [-0.25, -0.2) is 8.42 Å². The van der Waals surface area contributed by atoms with Gasteiger partial charge in [0.05, 0.1) is 14.9 Å². The minimum Gasteiger partial charge on any atom is -0.454 e. The summed E-state index contributed by atoms with van der Waals surface area (Å²) in [7, 11) is -3.29. The first-order valence-corrected chi connectivity index (χ1v) is 9.69. The van der Waals surface area contributed by atoms with Crippen LogP contribution in [0.5, 0.6) is 11.5 Å². The molecule has 0 saturated carbocycles. The summed E-state index contributed by atoms with van der Waals surface area (Å²) in [6, 6.07) is 8.91. The molecule has 2 aromatic carbocycles. The molecule has 0 spiro atoms. The van der Waals surface area contributed by atoms with Gasteiger partial charge in [0.2, 0.25) is 0 Å². The van der Waals surface area contributed by atoms with Crippen LogP contribution in [0.25, 0.3) is 0 Å². The molecule has 0 aromatic heterocycles. The van der Waals surface area contributed by atoms with Crippen molar-refractivity contribution in [1.29, 1.82) is 5.26 Å². The van der Waals surface area contributed by atoms with Gasteiger partial charge in [0.1, 0.15) is 5.75 Å². The summed E-state index contributed by atoms with van der Waals surface area (Å²) in [5.74, 6) is 0.582. The maximum Gasteiger partial charge on any atom is 0.184 e. The Kier molecular flexibility index (Phi) is 6.08. The number of nitrogens with zero attached hydrogens (tertiary/aromatic N) is 1. The van der Waals surface area contributed by atoms with E-state index in [0.29, 0.717) is 11.4 Å². The van der Waals surface area contributed by atoms with Crippen LogP contribution in [0.1, 0.15) is 0 Å². The summed E-state index contributed by atoms with van der Waals surface area (Å²) in [4.78, 5) is 0.176. The molecule has 0 saturated heterocycles. The molecule has 0 amide bonds. The SMILES string of the molecule is CS(=O)(=O)c1ccc(Oc2c(Cl)cc(NC(=S)NC#N)cc2Cl)cc1. The molecule has 0 unspecified atom stereocenters. The lowest BCUT2D eigenvalue weighted by Gasteiger charge is -2.13. The van der Waals surface area contributed by atoms with Crippen molar-refractivity contribution in [3.8, 4) is 17.7 Å². The van der Waals surface area contributed by atoms with E-state index in [9.17, 15) is 8.42 Å². The minimum absolute atomic E-state index is 0.0969. The maximum absolute atomic E-state index is 11.5. The maximum atomic E-state index is 11.5. The molecule has 0 fully saturated rings. The Morgan fingerprint density at radius 1 is 1.20 bits per heavy atom. The largest absolute Gasteiger partial charge is 0.454 e. The second-order valence-electron chi connectivity index (χ2n) is 4.81. The molecule has 0 aliphatic rings. The molecule has 0 aliphatic carbocycles. The van der Waals surface area contributed by atoms with E-state index in [1.54, 1.807) is 6.19 Å². The number of sulfone groups is 1. The highest BCUT2D eigenvalue weighted by Crippen LogP contribution is 2.39. The van der Waals surface area contributed by atoms with Gasteiger partial charge in [-0.1, -0.05) is 23.2 Å². The van der Waals surface area contributed by atoms with Crippen molar-refractivity contribution < 1.29 is 13.2 Å². The Morgan fingerprint density at radius 3 is 2.24 bits per heavy atom. The van der Waals surface area contributed by atoms with Crippen molar-refractivity contribution in [2.45, 2.75) is 4.90 Å². The van der Waals surface area contributed by atoms with Gasteiger partial charge in [0.25, 0.3) is 0 Å². The van der Waals surface area contributed by atoms with Crippen LogP contribution in [0.4, 0.5) is 5.69 Å². The van der Waals surface area contributed by atoms with Gasteiger partial charge in [-0.3, -0.25) is 5.32 Å². The molecule has 6 nitrogen and oxygen atoms in total. The van der Waals surface area contributed by atoms with E-state index >= 15 is 0 Å². The number of benzene rings is 2. The van der Waals surface area contributed by atoms with Crippen LogP contribution in [-0.2, 0) is 9.84 Å². The summed E-state index contributed by atoms with van der Waals surface area (Å²) in [6.07, 6.45) is 2.81. The number of hydrogen-bond donors (Lipinski definition) is 2. The number of thiocarbonyl (C=S) groups is 1. The van der Waals surface area contributed by atoms with Crippen LogP contribution >= 0.6 is 35.4 Å². The van der Waals surface area contributed by atoms with E-state index in [2.05, 4.69) is 10.6 Å². The van der Waals surface area contributed by atoms with Gasteiger partial charge in [-0.2, -0.15) is 5.26 Å². The Morgan fingerprint density at radius 2 is 1.76 bits per heavy atom. The summed E-state index contributed by atoms with van der Waals surface area (Å²) in [5.41, 5.74) is 0.475. The molecule has 0 bridgehead atoms. The molecule has 25 heavy (non-hydrogen) atoms. The quantitative estimate of drug-likeness (QED) is 0.443. The lowest BCUT2D eigenvalue weighted by Crippen LogP contribution is -2.23. The first kappa shape index (κ1) is 19.3. The number of ether oxygens (including phenoxy) is 1. The fourth-order valence-corrected chi connectivity index (χ4v) is 3.17. The van der Waals surface area contributed by atoms with E-state index in [1.807, 2.05) is 0 Å². The highest BCUT2D eigenvalue weighted by molar-refractivity contribution is 7.90. The van der Waals surface area contributed by atoms with Crippen LogP contribution < -0.4 is 15.4 Å². The summed E-state index contributed by atoms with van der Waals surface area (Å²) < 4.78 is 28.5. The third kappa shape index (κ3) is 5.21. The van der Waals surface area contributed by atoms with E-state index in [-0.39, 0.29) is 25.8 Å². The number of nitrogens with one attached hydrogen (secondary N) is 2. The predicted octanol–water partition coefficient (Wildman–Crippen LogP) is 3.96. The zero-order valence-corrected chi connectivity index (χ0v) is 15.9. The summed E-state index contributed by atoms with van der Waals surface area (Å²) in [5, 5.41) is 14.0. The number of hydrogen-bond acceptors (Lipinski definition) is 5. The third-order valence-corrected chi connectivity index (χ3v) is 4.79. The van der Waals surface area contributed by atoms with Gasteiger partial charge in [0, 0.05) is 11.9 Å². The summed E-state index contributed by atoms with van der Waals surface area (Å²) in [6.45, 7) is 0. The average molecular weight is 416 g/mol. The smallest absolute Gasteiger partial charge is 0.184 e. The molecule has 10 heteroatoms. The summed E-state index contributed by atoms with van der Waals surface area (Å²) >= 11 is 17.2. The van der Waals surface area contributed by atoms with Crippen molar-refractivity contribution in [3.05, 3.63) is 46.4 Å². The lowest BCUT2D eigenvalue weighted by molar-refractivity contribution is 0.482. The van der Waals surface area contributed by atoms with Gasteiger partial charge in [-0.15, -0.1) is 0 Å². The molecular weight excluding hydrogens is 405 g/mol. The highest BCUT2D eigenvalue weighted by atomic mass is 35.5. The predicted molar refractivity (Wildman–Crippen MR) is 101 cm³/mol. The first-order chi connectivity index (χ1) is 11.7. The van der Waals surface area contributed by atoms with Gasteiger partial charge in [-0.05, 0) is 48.6 Å². The van der Waals surface area contributed by atoms with Crippen molar-refractivity contribution in [3.63, 3.8) is 0 Å². The van der Waals surface area contributed by atoms with E-state index in [1.165, 1.54) is 36.4 Å². The molecule has 0 aliphatic heterocycles. The standard InChI is InChI=1S/C15H11Cl2N3O3S2/c1-25(21,22)11-4-2-10(3-5-11)23-14-12(16)6-9(7-13(14)17)20-15(24)19-8-18/h2-7H,1H3,(H2,19,20,24). The van der Waals surface area contributed by atoms with Gasteiger partial charge in [0.15, 0.2) is 26.9 Å². The van der Waals surface area contributed by atoms with Gasteiger partial charge < -0.3 is 10.1 Å². The van der Waals surface area contributed by atoms with Crippen molar-refractivity contribution in [2.24, 2.45) is 0 Å². The average Bonchev–Trinajstić information content (AvgIpc) is 2.51. The second kappa shape index (κ2) is 7.89. The van der Waals surface area contributed by atoms with Crippen molar-refractivity contribution in [2.75, 3.05) is 11.6 Å². The highest BCUT2D eigenvalue weighted by Gasteiger charge is 2.13. The fraction of sp³-hybridized carbons (Fsp3) is 0.0667. The molecule has 130 valence electrons. The van der Waals surface area contributed by atoms with Crippen LogP contribution in [0.15, 0.2) is 41.3 Å². The van der Waals surface area contributed by atoms with Crippen molar-refractivity contribution in [1.82, 2.24) is 5.32 Å². The number of nitriles is 1. The number of rotatable bonds is 4. The lowest BCUT2D eigenvalue weighted by atomic mass is 10.3. The first-order valence-electron chi connectivity index (χ1n) is 6.64. The normalized spacial score (nSPS) is 10.6. The van der Waals surface area contributed by atoms with Crippen molar-refractivity contribution >= 4 is 56.1 Å². The zero-order chi connectivity index (χ0) is 18.6. The topological polar surface area (TPSA) is 91.2 Å². The van der Waals surface area contributed by atoms with Crippen LogP contribution in [0.2, 0.25) is 10.0 Å².